The van der Waals surface area contributed by atoms with Gasteiger partial charge in [-0.3, -0.25) is 0 Å². The molecule has 102 valence electrons. The molecule has 0 bridgehead atoms. The molecule has 2 rings (SSSR count). The molecule has 19 heavy (non-hydrogen) atoms. The summed E-state index contributed by atoms with van der Waals surface area (Å²) in [6.07, 6.45) is 0. The summed E-state index contributed by atoms with van der Waals surface area (Å²) in [5, 5.41) is 3.36. The van der Waals surface area contributed by atoms with Crippen LogP contribution in [0, 0.1) is 0 Å². The molecule has 0 aliphatic carbocycles. The first-order valence-corrected chi connectivity index (χ1v) is 7.94. The molecular weight excluding hydrogens is 394 g/mol. The monoisotopic (exact) mass is 405 g/mol. The summed E-state index contributed by atoms with van der Waals surface area (Å²) < 4.78 is 12.7. The molecule has 3 nitrogen and oxygen atoms in total. The number of halogens is 2. The molecule has 6 heteroatoms. The molecule has 0 radical (unpaired) electrons. The Bertz CT molecular complexity index is 552. The molecule has 0 aliphatic heterocycles. The number of hydrogen-bond donors (Lipinski definition) is 1. The van der Waals surface area contributed by atoms with E-state index in [9.17, 15) is 0 Å². The Labute approximate surface area is 133 Å². The molecule has 0 saturated heterocycles. The van der Waals surface area contributed by atoms with E-state index < -0.39 is 0 Å². The second kappa shape index (κ2) is 6.63. The molecule has 1 aromatic heterocycles. The van der Waals surface area contributed by atoms with Crippen molar-refractivity contribution in [3.63, 3.8) is 0 Å². The fourth-order valence-corrected chi connectivity index (χ4v) is 3.73. The maximum Gasteiger partial charge on any atom is 0.142 e. The predicted octanol–water partition coefficient (Wildman–Crippen LogP) is 4.90. The van der Waals surface area contributed by atoms with Crippen LogP contribution in [0.2, 0.25) is 0 Å². The van der Waals surface area contributed by atoms with E-state index in [1.165, 1.54) is 4.88 Å². The Morgan fingerprint density at radius 3 is 2.53 bits per heavy atom. The highest BCUT2D eigenvalue weighted by molar-refractivity contribution is 9.13. The van der Waals surface area contributed by atoms with E-state index >= 15 is 0 Å². The Kier molecular flexibility index (Phi) is 5.13. The minimum atomic E-state index is 0.735. The van der Waals surface area contributed by atoms with Crippen molar-refractivity contribution < 1.29 is 9.47 Å². The standard InChI is InChI=1S/C13H13Br2NO2S/c1-17-8-3-4-12(18-2)11(5-8)16-7-9-6-10(14)13(15)19-9/h3-6,16H,7H2,1-2H3. The van der Waals surface area contributed by atoms with Crippen molar-refractivity contribution >= 4 is 48.9 Å². The quantitative estimate of drug-likeness (QED) is 0.765. The summed E-state index contributed by atoms with van der Waals surface area (Å²) in [6.45, 7) is 0.735. The summed E-state index contributed by atoms with van der Waals surface area (Å²) in [5.41, 5.74) is 0.919. The number of benzene rings is 1. The van der Waals surface area contributed by atoms with Crippen molar-refractivity contribution in [1.29, 1.82) is 0 Å². The Morgan fingerprint density at radius 2 is 1.95 bits per heavy atom. The van der Waals surface area contributed by atoms with Crippen LogP contribution in [0.25, 0.3) is 0 Å². The van der Waals surface area contributed by atoms with E-state index in [0.717, 1.165) is 32.0 Å². The normalized spacial score (nSPS) is 10.3. The molecular formula is C13H13Br2NO2S. The summed E-state index contributed by atoms with van der Waals surface area (Å²) in [7, 11) is 3.31. The number of ether oxygens (including phenoxy) is 2. The zero-order valence-corrected chi connectivity index (χ0v) is 14.5. The first-order valence-electron chi connectivity index (χ1n) is 5.53. The zero-order chi connectivity index (χ0) is 13.8. The van der Waals surface area contributed by atoms with Crippen molar-refractivity contribution in [2.24, 2.45) is 0 Å². The van der Waals surface area contributed by atoms with E-state index in [4.69, 9.17) is 9.47 Å². The fraction of sp³-hybridized carbons (Fsp3) is 0.231. The lowest BCUT2D eigenvalue weighted by Crippen LogP contribution is -2.00. The lowest BCUT2D eigenvalue weighted by atomic mass is 10.2. The van der Waals surface area contributed by atoms with Gasteiger partial charge in [0, 0.05) is 22.0 Å². The van der Waals surface area contributed by atoms with Crippen LogP contribution >= 0.6 is 43.2 Å². The first kappa shape index (κ1) is 14.7. The van der Waals surface area contributed by atoms with Crippen molar-refractivity contribution in [2.75, 3.05) is 19.5 Å². The van der Waals surface area contributed by atoms with Crippen molar-refractivity contribution in [1.82, 2.24) is 0 Å². The van der Waals surface area contributed by atoms with Gasteiger partial charge in [-0.2, -0.15) is 0 Å². The number of anilines is 1. The summed E-state index contributed by atoms with van der Waals surface area (Å²) in [6, 6.07) is 7.79. The average Bonchev–Trinajstić information content (AvgIpc) is 2.75. The third-order valence-electron chi connectivity index (χ3n) is 2.56. The SMILES string of the molecule is COc1ccc(OC)c(NCc2cc(Br)c(Br)s2)c1. The van der Waals surface area contributed by atoms with E-state index in [0.29, 0.717) is 0 Å². The Balaban J connectivity index is 2.13. The molecule has 0 fully saturated rings. The first-order chi connectivity index (χ1) is 9.13. The van der Waals surface area contributed by atoms with Crippen molar-refractivity contribution in [3.05, 3.63) is 37.4 Å². The van der Waals surface area contributed by atoms with Gasteiger partial charge < -0.3 is 14.8 Å². The molecule has 1 heterocycles. The molecule has 0 spiro atoms. The van der Waals surface area contributed by atoms with Crippen LogP contribution in [0.4, 0.5) is 5.69 Å². The van der Waals surface area contributed by atoms with Crippen LogP contribution in [-0.4, -0.2) is 14.2 Å². The maximum absolute atomic E-state index is 5.33. The van der Waals surface area contributed by atoms with Gasteiger partial charge in [0.25, 0.3) is 0 Å². The van der Waals surface area contributed by atoms with Gasteiger partial charge in [-0.15, -0.1) is 11.3 Å². The van der Waals surface area contributed by atoms with E-state index in [-0.39, 0.29) is 0 Å². The van der Waals surface area contributed by atoms with Gasteiger partial charge in [-0.1, -0.05) is 0 Å². The third kappa shape index (κ3) is 3.64. The highest BCUT2D eigenvalue weighted by Crippen LogP contribution is 2.34. The van der Waals surface area contributed by atoms with Gasteiger partial charge in [0.05, 0.1) is 23.7 Å². The summed E-state index contributed by atoms with van der Waals surface area (Å²) in [4.78, 5) is 1.23. The molecule has 0 saturated carbocycles. The van der Waals surface area contributed by atoms with Gasteiger partial charge in [-0.05, 0) is 50.1 Å². The Hall–Kier alpha value is -0.720. The zero-order valence-electron chi connectivity index (χ0n) is 10.5. The largest absolute Gasteiger partial charge is 0.497 e. The Morgan fingerprint density at radius 1 is 1.16 bits per heavy atom. The number of nitrogens with one attached hydrogen (secondary N) is 1. The minimum Gasteiger partial charge on any atom is -0.497 e. The van der Waals surface area contributed by atoms with E-state index in [1.54, 1.807) is 25.6 Å². The van der Waals surface area contributed by atoms with Crippen LogP contribution < -0.4 is 14.8 Å². The second-order valence-electron chi connectivity index (χ2n) is 3.75. The number of thiophene rings is 1. The highest BCUT2D eigenvalue weighted by Gasteiger charge is 2.07. The van der Waals surface area contributed by atoms with Gasteiger partial charge in [0.1, 0.15) is 11.5 Å². The molecule has 0 atom stereocenters. The lowest BCUT2D eigenvalue weighted by Gasteiger charge is -2.11. The van der Waals surface area contributed by atoms with Crippen LogP contribution in [0.5, 0.6) is 11.5 Å². The van der Waals surface area contributed by atoms with Gasteiger partial charge >= 0.3 is 0 Å². The summed E-state index contributed by atoms with van der Waals surface area (Å²) in [5.74, 6) is 1.60. The van der Waals surface area contributed by atoms with Crippen molar-refractivity contribution in [2.45, 2.75) is 6.54 Å². The molecule has 1 N–H and O–H groups in total. The number of hydrogen-bond acceptors (Lipinski definition) is 4. The van der Waals surface area contributed by atoms with Gasteiger partial charge in [0.15, 0.2) is 0 Å². The van der Waals surface area contributed by atoms with Crippen LogP contribution in [-0.2, 0) is 6.54 Å². The topological polar surface area (TPSA) is 30.5 Å². The maximum atomic E-state index is 5.33. The van der Waals surface area contributed by atoms with Crippen LogP contribution in [0.15, 0.2) is 32.5 Å². The van der Waals surface area contributed by atoms with E-state index in [2.05, 4.69) is 43.2 Å². The number of rotatable bonds is 5. The number of methoxy groups -OCH3 is 2. The minimum absolute atomic E-state index is 0.735. The molecule has 0 amide bonds. The second-order valence-corrected chi connectivity index (χ2v) is 7.06. The average molecular weight is 407 g/mol. The van der Waals surface area contributed by atoms with Gasteiger partial charge in [0.2, 0.25) is 0 Å². The summed E-state index contributed by atoms with van der Waals surface area (Å²) >= 11 is 8.67. The molecule has 0 unspecified atom stereocenters. The fourth-order valence-electron chi connectivity index (χ4n) is 1.61. The van der Waals surface area contributed by atoms with Crippen LogP contribution in [0.3, 0.4) is 0 Å². The predicted molar refractivity (Wildman–Crippen MR) is 86.6 cm³/mol. The third-order valence-corrected chi connectivity index (χ3v) is 5.81. The highest BCUT2D eigenvalue weighted by atomic mass is 79.9. The van der Waals surface area contributed by atoms with Crippen molar-refractivity contribution in [3.8, 4) is 11.5 Å². The van der Waals surface area contributed by atoms with E-state index in [1.807, 2.05) is 18.2 Å². The van der Waals surface area contributed by atoms with Gasteiger partial charge in [-0.25, -0.2) is 0 Å². The smallest absolute Gasteiger partial charge is 0.142 e. The molecule has 1 aromatic carbocycles. The molecule has 2 aromatic rings. The molecule has 0 aliphatic rings. The lowest BCUT2D eigenvalue weighted by molar-refractivity contribution is 0.404. The van der Waals surface area contributed by atoms with Crippen LogP contribution in [0.1, 0.15) is 4.88 Å².